The Kier molecular flexibility index (Phi) is 6.97. The summed E-state index contributed by atoms with van der Waals surface area (Å²) < 4.78 is 16.9. The monoisotopic (exact) mass is 365 g/mol. The van der Waals surface area contributed by atoms with Crippen LogP contribution in [0.5, 0.6) is 5.75 Å². The zero-order chi connectivity index (χ0) is 18.2. The number of hydrogen-bond donors (Lipinski definition) is 0. The van der Waals surface area contributed by atoms with E-state index in [0.717, 1.165) is 0 Å². The molecule has 1 heterocycles. The number of ether oxygens (including phenoxy) is 3. The Morgan fingerprint density at radius 3 is 2.84 bits per heavy atom. The molecule has 1 aromatic carbocycles. The van der Waals surface area contributed by atoms with Gasteiger partial charge in [0.25, 0.3) is 0 Å². The van der Waals surface area contributed by atoms with Crippen LogP contribution in [0.2, 0.25) is 5.02 Å². The largest absolute Gasteiger partial charge is 0.491 e. The van der Waals surface area contributed by atoms with Crippen molar-refractivity contribution in [1.29, 1.82) is 0 Å². The number of aromatic nitrogens is 3. The quantitative estimate of drug-likeness (QED) is 0.406. The second-order valence-corrected chi connectivity index (χ2v) is 5.80. The zero-order valence-corrected chi connectivity index (χ0v) is 15.1. The van der Waals surface area contributed by atoms with Gasteiger partial charge in [-0.25, -0.2) is 14.5 Å². The van der Waals surface area contributed by atoms with Gasteiger partial charge in [-0.1, -0.05) is 11.6 Å². The first-order chi connectivity index (χ1) is 12.0. The van der Waals surface area contributed by atoms with Gasteiger partial charge >= 0.3 is 5.97 Å². The highest BCUT2D eigenvalue weighted by Gasteiger charge is 2.08. The summed E-state index contributed by atoms with van der Waals surface area (Å²) in [4.78, 5) is 15.7. The Hall–Kier alpha value is -2.38. The van der Waals surface area contributed by atoms with Crippen LogP contribution in [0.3, 0.4) is 0 Å². The third kappa shape index (κ3) is 6.21. The van der Waals surface area contributed by atoms with Gasteiger partial charge in [0.15, 0.2) is 5.82 Å². The Morgan fingerprint density at radius 1 is 1.32 bits per heavy atom. The van der Waals surface area contributed by atoms with Crippen molar-refractivity contribution in [2.45, 2.75) is 20.0 Å². The van der Waals surface area contributed by atoms with Crippen molar-refractivity contribution in [1.82, 2.24) is 14.8 Å². The zero-order valence-electron chi connectivity index (χ0n) is 14.3. The number of carbonyl (C=O) groups is 1. The molecule has 134 valence electrons. The molecule has 2 rings (SSSR count). The van der Waals surface area contributed by atoms with Gasteiger partial charge in [0.2, 0.25) is 0 Å². The van der Waals surface area contributed by atoms with Crippen LogP contribution in [0.25, 0.3) is 17.6 Å². The number of halogens is 1. The van der Waals surface area contributed by atoms with Gasteiger partial charge in [0.1, 0.15) is 18.7 Å². The van der Waals surface area contributed by atoms with E-state index >= 15 is 0 Å². The summed E-state index contributed by atoms with van der Waals surface area (Å²) >= 11 is 6.12. The second-order valence-electron chi connectivity index (χ2n) is 5.37. The van der Waals surface area contributed by atoms with Gasteiger partial charge in [-0.2, -0.15) is 0 Å². The molecule has 0 unspecified atom stereocenters. The Labute approximate surface area is 151 Å². The van der Waals surface area contributed by atoms with Crippen LogP contribution in [0.4, 0.5) is 0 Å². The van der Waals surface area contributed by atoms with E-state index in [1.54, 1.807) is 39.2 Å². The molecule has 0 spiro atoms. The van der Waals surface area contributed by atoms with Crippen LogP contribution in [-0.4, -0.2) is 47.2 Å². The first-order valence-corrected chi connectivity index (χ1v) is 8.08. The van der Waals surface area contributed by atoms with Crippen molar-refractivity contribution in [2.24, 2.45) is 0 Å². The fourth-order valence-corrected chi connectivity index (χ4v) is 2.13. The highest BCUT2D eigenvalue weighted by Crippen LogP contribution is 2.26. The molecular weight excluding hydrogens is 346 g/mol. The van der Waals surface area contributed by atoms with Crippen LogP contribution >= 0.6 is 11.6 Å². The smallest absolute Gasteiger partial charge is 0.332 e. The van der Waals surface area contributed by atoms with Gasteiger partial charge < -0.3 is 14.2 Å². The number of carbonyl (C=O) groups excluding carboxylic acids is 1. The maximum atomic E-state index is 11.5. The average Bonchev–Trinajstić information content (AvgIpc) is 3.01. The van der Waals surface area contributed by atoms with Crippen LogP contribution in [0.1, 0.15) is 13.8 Å². The number of benzene rings is 1. The second kappa shape index (κ2) is 9.19. The van der Waals surface area contributed by atoms with Crippen molar-refractivity contribution in [2.75, 3.05) is 20.3 Å². The summed E-state index contributed by atoms with van der Waals surface area (Å²) in [6, 6.07) is 5.23. The summed E-state index contributed by atoms with van der Waals surface area (Å²) in [7, 11) is 1.60. The lowest BCUT2D eigenvalue weighted by molar-refractivity contribution is -0.141. The van der Waals surface area contributed by atoms with Crippen molar-refractivity contribution in [3.63, 3.8) is 0 Å². The fraction of sp³-hybridized carbons (Fsp3) is 0.353. The molecule has 0 aliphatic rings. The molecule has 7 nitrogen and oxygen atoms in total. The van der Waals surface area contributed by atoms with Crippen molar-refractivity contribution < 1.29 is 19.0 Å². The SMILES string of the molecule is COCCOc1cc(Cl)cc(-c2ncn(/C=C\C(=O)OC(C)C)n2)c1. The molecule has 2 aromatic rings. The van der Waals surface area contributed by atoms with Crippen molar-refractivity contribution in [3.05, 3.63) is 35.6 Å². The minimum Gasteiger partial charge on any atom is -0.491 e. The predicted molar refractivity (Wildman–Crippen MR) is 94.4 cm³/mol. The summed E-state index contributed by atoms with van der Waals surface area (Å²) in [5.41, 5.74) is 0.705. The third-order valence-corrected chi connectivity index (χ3v) is 3.13. The molecule has 0 saturated carbocycles. The molecule has 0 amide bonds. The summed E-state index contributed by atoms with van der Waals surface area (Å²) in [6.45, 7) is 4.46. The third-order valence-electron chi connectivity index (χ3n) is 2.91. The van der Waals surface area contributed by atoms with Crippen LogP contribution < -0.4 is 4.74 Å². The molecule has 0 N–H and O–H groups in total. The summed E-state index contributed by atoms with van der Waals surface area (Å²) in [6.07, 6.45) is 4.07. The van der Waals surface area contributed by atoms with Gasteiger partial charge in [-0.05, 0) is 32.0 Å². The van der Waals surface area contributed by atoms with E-state index in [-0.39, 0.29) is 6.10 Å². The molecule has 0 fully saturated rings. The van der Waals surface area contributed by atoms with Crippen molar-refractivity contribution in [3.8, 4) is 17.1 Å². The lowest BCUT2D eigenvalue weighted by Crippen LogP contribution is -2.08. The molecule has 0 aliphatic carbocycles. The molecule has 25 heavy (non-hydrogen) atoms. The molecule has 0 bridgehead atoms. The normalized spacial score (nSPS) is 11.2. The maximum absolute atomic E-state index is 11.5. The highest BCUT2D eigenvalue weighted by atomic mass is 35.5. The van der Waals surface area contributed by atoms with Crippen LogP contribution in [0, 0.1) is 0 Å². The Bertz CT molecular complexity index is 743. The number of esters is 1. The van der Waals surface area contributed by atoms with Crippen LogP contribution in [0.15, 0.2) is 30.6 Å². The first-order valence-electron chi connectivity index (χ1n) is 7.70. The minimum absolute atomic E-state index is 0.175. The molecule has 0 atom stereocenters. The predicted octanol–water partition coefficient (Wildman–Crippen LogP) is 3.05. The van der Waals surface area contributed by atoms with E-state index in [4.69, 9.17) is 25.8 Å². The van der Waals surface area contributed by atoms with Gasteiger partial charge in [-0.15, -0.1) is 5.10 Å². The van der Waals surface area contributed by atoms with E-state index in [1.165, 1.54) is 23.3 Å². The Balaban J connectivity index is 2.10. The van der Waals surface area contributed by atoms with E-state index < -0.39 is 5.97 Å². The molecule has 1 aromatic heterocycles. The number of hydrogen-bond acceptors (Lipinski definition) is 6. The Morgan fingerprint density at radius 2 is 2.12 bits per heavy atom. The lowest BCUT2D eigenvalue weighted by Gasteiger charge is -2.07. The lowest BCUT2D eigenvalue weighted by atomic mass is 10.2. The summed E-state index contributed by atoms with van der Waals surface area (Å²) in [5.74, 6) is 0.622. The topological polar surface area (TPSA) is 75.5 Å². The highest BCUT2D eigenvalue weighted by molar-refractivity contribution is 6.31. The first kappa shape index (κ1) is 19.0. The minimum atomic E-state index is -0.441. The molecule has 0 radical (unpaired) electrons. The fourth-order valence-electron chi connectivity index (χ4n) is 1.91. The number of nitrogens with zero attached hydrogens (tertiary/aromatic N) is 3. The number of rotatable bonds is 8. The van der Waals surface area contributed by atoms with Gasteiger partial charge in [-0.3, -0.25) is 0 Å². The van der Waals surface area contributed by atoms with Gasteiger partial charge in [0, 0.05) is 30.0 Å². The maximum Gasteiger partial charge on any atom is 0.332 e. The molecule has 0 saturated heterocycles. The number of methoxy groups -OCH3 is 1. The van der Waals surface area contributed by atoms with Gasteiger partial charge in [0.05, 0.1) is 12.7 Å². The van der Waals surface area contributed by atoms with E-state index in [1.807, 2.05) is 0 Å². The molecular formula is C17H20ClN3O4. The standard InChI is InChI=1S/C17H20ClN3O4/c1-12(2)25-16(22)4-5-21-11-19-17(20-21)13-8-14(18)10-15(9-13)24-7-6-23-3/h4-5,8-12H,6-7H2,1-3H3/b5-4-. The van der Waals surface area contributed by atoms with E-state index in [2.05, 4.69) is 10.1 Å². The van der Waals surface area contributed by atoms with Crippen molar-refractivity contribution >= 4 is 23.8 Å². The van der Waals surface area contributed by atoms with E-state index in [9.17, 15) is 4.79 Å². The van der Waals surface area contributed by atoms with Crippen LogP contribution in [-0.2, 0) is 14.3 Å². The molecule has 8 heteroatoms. The average molecular weight is 366 g/mol. The summed E-state index contributed by atoms with van der Waals surface area (Å²) in [5, 5.41) is 4.79. The van der Waals surface area contributed by atoms with E-state index in [0.29, 0.717) is 35.4 Å². The molecule has 0 aliphatic heterocycles.